The number of alkyl halides is 3. The van der Waals surface area contributed by atoms with Crippen molar-refractivity contribution in [3.05, 3.63) is 107 Å². The number of hydrogen-bond acceptors (Lipinski definition) is 3. The summed E-state index contributed by atoms with van der Waals surface area (Å²) in [5, 5.41) is 9.47. The Morgan fingerprint density at radius 3 is 2.39 bits per heavy atom. The van der Waals surface area contributed by atoms with Gasteiger partial charge in [-0.15, -0.1) is 0 Å². The van der Waals surface area contributed by atoms with Gasteiger partial charge < -0.3 is 0 Å². The van der Waals surface area contributed by atoms with Gasteiger partial charge in [0.25, 0.3) is 5.56 Å². The van der Waals surface area contributed by atoms with Crippen LogP contribution in [0.25, 0.3) is 28.1 Å². The second-order valence-electron chi connectivity index (χ2n) is 6.74. The molecule has 0 aliphatic carbocycles. The van der Waals surface area contributed by atoms with Crippen molar-refractivity contribution >= 4 is 0 Å². The molecule has 0 saturated heterocycles. The first-order valence-electron chi connectivity index (χ1n) is 9.24. The van der Waals surface area contributed by atoms with Crippen molar-refractivity contribution in [2.75, 3.05) is 0 Å². The van der Waals surface area contributed by atoms with E-state index in [1.54, 1.807) is 54.7 Å². The van der Waals surface area contributed by atoms with E-state index >= 15 is 0 Å². The summed E-state index contributed by atoms with van der Waals surface area (Å²) in [6.07, 6.45) is -1.51. The zero-order valence-electron chi connectivity index (χ0n) is 16.0. The Balaban J connectivity index is 2.03. The third kappa shape index (κ3) is 3.96. The minimum Gasteiger partial charge on any atom is -0.283 e. The van der Waals surface area contributed by atoms with Crippen LogP contribution in [0, 0.1) is 11.3 Å². The summed E-state index contributed by atoms with van der Waals surface area (Å²) < 4.78 is 40.9. The van der Waals surface area contributed by atoms with Gasteiger partial charge in [0.05, 0.1) is 22.9 Å². The first-order chi connectivity index (χ1) is 14.9. The summed E-state index contributed by atoms with van der Waals surface area (Å²) in [5.41, 5.74) is 0.605. The second-order valence-corrected chi connectivity index (χ2v) is 6.74. The highest BCUT2D eigenvalue weighted by Gasteiger charge is 2.30. The summed E-state index contributed by atoms with van der Waals surface area (Å²) in [5.74, 6) is 0. The van der Waals surface area contributed by atoms with E-state index in [4.69, 9.17) is 0 Å². The monoisotopic (exact) mass is 417 g/mol. The van der Waals surface area contributed by atoms with Gasteiger partial charge in [-0.25, -0.2) is 0 Å². The maximum absolute atomic E-state index is 13.3. The number of benzene rings is 2. The van der Waals surface area contributed by atoms with E-state index in [2.05, 4.69) is 11.1 Å². The van der Waals surface area contributed by atoms with E-state index in [1.807, 2.05) is 0 Å². The molecular weight excluding hydrogens is 403 g/mol. The molecule has 4 nitrogen and oxygen atoms in total. The SMILES string of the molecule is N#Cc1ccccc1-c1cc(-c2ccccn2)cn(-c2cccc(C(F)(F)F)c2)c1=O. The molecule has 0 unspecified atom stereocenters. The Morgan fingerprint density at radius 1 is 0.903 bits per heavy atom. The van der Waals surface area contributed by atoms with Crippen molar-refractivity contribution in [2.24, 2.45) is 0 Å². The molecule has 152 valence electrons. The average molecular weight is 417 g/mol. The van der Waals surface area contributed by atoms with E-state index in [-0.39, 0.29) is 16.8 Å². The van der Waals surface area contributed by atoms with Gasteiger partial charge in [-0.05, 0) is 42.5 Å². The minimum absolute atomic E-state index is 0.0632. The van der Waals surface area contributed by atoms with Gasteiger partial charge in [-0.2, -0.15) is 18.4 Å². The summed E-state index contributed by atoms with van der Waals surface area (Å²) in [6.45, 7) is 0. The van der Waals surface area contributed by atoms with Crippen LogP contribution in [0.3, 0.4) is 0 Å². The molecule has 0 saturated carbocycles. The molecule has 0 radical (unpaired) electrons. The van der Waals surface area contributed by atoms with Crippen LogP contribution >= 0.6 is 0 Å². The third-order valence-corrected chi connectivity index (χ3v) is 4.77. The fourth-order valence-corrected chi connectivity index (χ4v) is 3.29. The molecule has 0 spiro atoms. The normalized spacial score (nSPS) is 11.2. The Kier molecular flexibility index (Phi) is 5.14. The van der Waals surface area contributed by atoms with Gasteiger partial charge in [0.15, 0.2) is 0 Å². The Morgan fingerprint density at radius 2 is 1.68 bits per heavy atom. The Labute approximate surface area is 175 Å². The number of halogens is 3. The number of nitriles is 1. The fraction of sp³-hybridized carbons (Fsp3) is 0.0417. The molecule has 2 aromatic carbocycles. The van der Waals surface area contributed by atoms with E-state index in [9.17, 15) is 23.2 Å². The highest BCUT2D eigenvalue weighted by molar-refractivity contribution is 5.74. The van der Waals surface area contributed by atoms with Crippen molar-refractivity contribution < 1.29 is 13.2 Å². The van der Waals surface area contributed by atoms with Gasteiger partial charge in [-0.3, -0.25) is 14.3 Å². The summed E-state index contributed by atoms with van der Waals surface area (Å²) >= 11 is 0. The van der Waals surface area contributed by atoms with Crippen LogP contribution in [0.15, 0.2) is 90.0 Å². The molecule has 0 fully saturated rings. The summed E-state index contributed by atoms with van der Waals surface area (Å²) in [4.78, 5) is 17.6. The van der Waals surface area contributed by atoms with Crippen molar-refractivity contribution in [3.63, 3.8) is 0 Å². The van der Waals surface area contributed by atoms with Crippen LogP contribution in [-0.4, -0.2) is 9.55 Å². The van der Waals surface area contributed by atoms with Crippen molar-refractivity contribution in [1.29, 1.82) is 5.26 Å². The molecule has 0 aliphatic rings. The van der Waals surface area contributed by atoms with Crippen LogP contribution in [0.4, 0.5) is 13.2 Å². The molecule has 0 amide bonds. The van der Waals surface area contributed by atoms with Crippen LogP contribution in [-0.2, 0) is 6.18 Å². The molecule has 2 heterocycles. The zero-order valence-corrected chi connectivity index (χ0v) is 16.0. The summed E-state index contributed by atoms with van der Waals surface area (Å²) in [6, 6.07) is 20.0. The number of pyridine rings is 2. The molecule has 31 heavy (non-hydrogen) atoms. The van der Waals surface area contributed by atoms with E-state index in [0.29, 0.717) is 16.8 Å². The quantitative estimate of drug-likeness (QED) is 0.445. The van der Waals surface area contributed by atoms with Gasteiger partial charge in [0.1, 0.15) is 0 Å². The van der Waals surface area contributed by atoms with Gasteiger partial charge >= 0.3 is 6.18 Å². The van der Waals surface area contributed by atoms with Crippen LogP contribution in [0.5, 0.6) is 0 Å². The average Bonchev–Trinajstić information content (AvgIpc) is 2.79. The minimum atomic E-state index is -4.55. The lowest BCUT2D eigenvalue weighted by atomic mass is 9.99. The van der Waals surface area contributed by atoms with E-state index < -0.39 is 17.3 Å². The smallest absolute Gasteiger partial charge is 0.283 e. The third-order valence-electron chi connectivity index (χ3n) is 4.77. The van der Waals surface area contributed by atoms with Crippen molar-refractivity contribution in [3.8, 4) is 34.1 Å². The largest absolute Gasteiger partial charge is 0.416 e. The number of rotatable bonds is 3. The molecule has 2 aromatic heterocycles. The molecule has 0 N–H and O–H groups in total. The molecule has 0 bridgehead atoms. The lowest BCUT2D eigenvalue weighted by Gasteiger charge is -2.14. The van der Waals surface area contributed by atoms with Crippen LogP contribution < -0.4 is 5.56 Å². The molecule has 0 aliphatic heterocycles. The highest BCUT2D eigenvalue weighted by Crippen LogP contribution is 2.31. The van der Waals surface area contributed by atoms with Gasteiger partial charge in [0.2, 0.25) is 0 Å². The lowest BCUT2D eigenvalue weighted by molar-refractivity contribution is -0.137. The van der Waals surface area contributed by atoms with Gasteiger partial charge in [-0.1, -0.05) is 30.3 Å². The highest BCUT2D eigenvalue weighted by atomic mass is 19.4. The first-order valence-corrected chi connectivity index (χ1v) is 9.24. The fourth-order valence-electron chi connectivity index (χ4n) is 3.29. The molecule has 7 heteroatoms. The van der Waals surface area contributed by atoms with E-state index in [1.165, 1.54) is 18.3 Å². The van der Waals surface area contributed by atoms with Crippen molar-refractivity contribution in [1.82, 2.24) is 9.55 Å². The predicted octanol–water partition coefficient (Wildman–Crippen LogP) is 5.46. The van der Waals surface area contributed by atoms with Crippen molar-refractivity contribution in [2.45, 2.75) is 6.18 Å². The molecule has 4 aromatic rings. The molecular formula is C24H14F3N3O. The van der Waals surface area contributed by atoms with E-state index in [0.717, 1.165) is 16.7 Å². The summed E-state index contributed by atoms with van der Waals surface area (Å²) in [7, 11) is 0. The number of hydrogen-bond donors (Lipinski definition) is 0. The number of aromatic nitrogens is 2. The maximum Gasteiger partial charge on any atom is 0.416 e. The van der Waals surface area contributed by atoms with Crippen LogP contribution in [0.1, 0.15) is 11.1 Å². The first kappa shape index (κ1) is 20.1. The second kappa shape index (κ2) is 7.92. The molecule has 0 atom stereocenters. The zero-order chi connectivity index (χ0) is 22.0. The Bertz CT molecular complexity index is 1350. The molecule has 4 rings (SSSR count). The predicted molar refractivity (Wildman–Crippen MR) is 110 cm³/mol. The topological polar surface area (TPSA) is 58.7 Å². The van der Waals surface area contributed by atoms with Gasteiger partial charge in [0, 0.05) is 34.8 Å². The van der Waals surface area contributed by atoms with Crippen LogP contribution in [0.2, 0.25) is 0 Å². The lowest BCUT2D eigenvalue weighted by Crippen LogP contribution is -2.21. The maximum atomic E-state index is 13.3. The number of nitrogens with zero attached hydrogens (tertiary/aromatic N) is 3. The standard InChI is InChI=1S/C24H14F3N3O/c25-24(26,27)18-7-5-8-19(13-18)30-15-17(22-10-3-4-11-29-22)12-21(23(30)31)20-9-2-1-6-16(20)14-28/h1-13,15H. The Hall–Kier alpha value is -4.18.